The molecule has 15 nitrogen and oxygen atoms in total. The molecule has 0 aromatic carbocycles. The minimum Gasteiger partial charge on any atom is -0.462 e. The quantitative estimate of drug-likeness (QED) is 0.0541. The molecule has 0 spiro atoms. The second kappa shape index (κ2) is 23.8. The third-order valence-corrected chi connectivity index (χ3v) is 8.59. The van der Waals surface area contributed by atoms with Gasteiger partial charge in [-0.25, -0.2) is 0 Å². The van der Waals surface area contributed by atoms with Gasteiger partial charge in [-0.15, -0.1) is 0 Å². The molecule has 2 fully saturated rings. The van der Waals surface area contributed by atoms with Crippen molar-refractivity contribution in [3.8, 4) is 0 Å². The molecule has 11 unspecified atom stereocenters. The summed E-state index contributed by atoms with van der Waals surface area (Å²) in [5, 5.41) is 71.0. The zero-order chi connectivity index (χ0) is 35.5. The fraction of sp³-hybridized carbons (Fsp3) is 0.939. The first-order valence-electron chi connectivity index (χ1n) is 17.6. The maximum atomic E-state index is 12.6. The number of hydrogen-bond acceptors (Lipinski definition) is 15. The van der Waals surface area contributed by atoms with Crippen molar-refractivity contribution >= 4 is 11.9 Å². The molecule has 0 aromatic heterocycles. The van der Waals surface area contributed by atoms with Crippen LogP contribution in [0.2, 0.25) is 0 Å². The van der Waals surface area contributed by atoms with Crippen LogP contribution in [0.25, 0.3) is 0 Å². The summed E-state index contributed by atoms with van der Waals surface area (Å²) in [4.78, 5) is 24.8. The first-order valence-corrected chi connectivity index (χ1v) is 17.6. The van der Waals surface area contributed by atoms with Crippen molar-refractivity contribution in [3.05, 3.63) is 0 Å². The molecule has 0 amide bonds. The number of rotatable bonds is 24. The van der Waals surface area contributed by atoms with Gasteiger partial charge in [0.1, 0.15) is 55.4 Å². The summed E-state index contributed by atoms with van der Waals surface area (Å²) in [5.74, 6) is -0.968. The Morgan fingerprint density at radius 2 is 1.08 bits per heavy atom. The molecule has 2 rings (SSSR count). The van der Waals surface area contributed by atoms with E-state index >= 15 is 0 Å². The number of aliphatic hydroxyl groups is 7. The van der Waals surface area contributed by atoms with Crippen LogP contribution in [0.3, 0.4) is 0 Å². The predicted octanol–water partition coefficient (Wildman–Crippen LogP) is 0.583. The van der Waals surface area contributed by atoms with E-state index in [1.54, 1.807) is 0 Å². The van der Waals surface area contributed by atoms with Gasteiger partial charge in [0.25, 0.3) is 0 Å². The highest BCUT2D eigenvalue weighted by Gasteiger charge is 2.47. The molecule has 2 saturated heterocycles. The summed E-state index contributed by atoms with van der Waals surface area (Å²) in [6, 6.07) is 0. The highest BCUT2D eigenvalue weighted by Crippen LogP contribution is 2.26. The fourth-order valence-corrected chi connectivity index (χ4v) is 5.49. The van der Waals surface area contributed by atoms with Crippen molar-refractivity contribution in [1.29, 1.82) is 0 Å². The molecule has 0 bridgehead atoms. The summed E-state index contributed by atoms with van der Waals surface area (Å²) < 4.78 is 32.8. The molecular weight excluding hydrogens is 636 g/mol. The Bertz CT molecular complexity index is 876. The number of unbranched alkanes of at least 4 members (excludes halogenated alkanes) is 10. The average molecular weight is 697 g/mol. The van der Waals surface area contributed by atoms with Crippen molar-refractivity contribution in [2.24, 2.45) is 0 Å². The molecule has 0 radical (unpaired) electrons. The van der Waals surface area contributed by atoms with E-state index in [0.717, 1.165) is 25.7 Å². The van der Waals surface area contributed by atoms with Crippen molar-refractivity contribution in [2.45, 2.75) is 171 Å². The second-order valence-electron chi connectivity index (χ2n) is 12.7. The summed E-state index contributed by atoms with van der Waals surface area (Å²) >= 11 is 0. The van der Waals surface area contributed by atoms with E-state index in [-0.39, 0.29) is 26.1 Å². The van der Waals surface area contributed by atoms with Gasteiger partial charge in [-0.3, -0.25) is 9.59 Å². The summed E-state index contributed by atoms with van der Waals surface area (Å²) in [5.41, 5.74) is 0. The van der Waals surface area contributed by atoms with Gasteiger partial charge in [0, 0.05) is 12.8 Å². The molecular formula is C33H60O15. The van der Waals surface area contributed by atoms with Gasteiger partial charge in [-0.2, -0.15) is 0 Å². The Balaban J connectivity index is 1.89. The lowest BCUT2D eigenvalue weighted by molar-refractivity contribution is -0.332. The third kappa shape index (κ3) is 14.8. The van der Waals surface area contributed by atoms with Gasteiger partial charge in [0.2, 0.25) is 0 Å². The van der Waals surface area contributed by atoms with Gasteiger partial charge in [-0.05, 0) is 12.8 Å². The molecule has 0 aliphatic carbocycles. The molecule has 2 aliphatic heterocycles. The first kappa shape index (κ1) is 42.7. The molecule has 0 aromatic rings. The van der Waals surface area contributed by atoms with E-state index < -0.39 is 92.7 Å². The lowest BCUT2D eigenvalue weighted by Gasteiger charge is -2.42. The zero-order valence-electron chi connectivity index (χ0n) is 28.5. The Morgan fingerprint density at radius 1 is 0.583 bits per heavy atom. The molecule has 11 atom stereocenters. The number of ether oxygens (including phenoxy) is 6. The average Bonchev–Trinajstić information content (AvgIpc) is 3.08. The van der Waals surface area contributed by atoms with Crippen LogP contribution >= 0.6 is 0 Å². The van der Waals surface area contributed by atoms with E-state index in [2.05, 4.69) is 6.92 Å². The lowest BCUT2D eigenvalue weighted by atomic mass is 9.98. The van der Waals surface area contributed by atoms with Crippen LogP contribution < -0.4 is 0 Å². The van der Waals surface area contributed by atoms with Crippen LogP contribution in [0.4, 0.5) is 0 Å². The largest absolute Gasteiger partial charge is 0.462 e. The summed E-state index contributed by atoms with van der Waals surface area (Å²) in [6.07, 6.45) is -3.93. The van der Waals surface area contributed by atoms with Gasteiger partial charge < -0.3 is 64.2 Å². The van der Waals surface area contributed by atoms with Crippen molar-refractivity contribution in [2.75, 3.05) is 26.4 Å². The smallest absolute Gasteiger partial charge is 0.306 e. The number of aliphatic hydroxyl groups excluding tert-OH is 7. The minimum absolute atomic E-state index is 0.168. The SMILES string of the molecule is CCCCCCCCCCCCC(=O)OC(COC(=O)CCCC)COC1OC(COC2OC(CO)C(O)C(O)C2O)C(O)C(O)C1O. The highest BCUT2D eigenvalue weighted by molar-refractivity contribution is 5.70. The van der Waals surface area contributed by atoms with Gasteiger partial charge >= 0.3 is 11.9 Å². The molecule has 2 aliphatic rings. The minimum atomic E-state index is -1.75. The molecule has 282 valence electrons. The lowest BCUT2D eigenvalue weighted by Crippen LogP contribution is -2.61. The van der Waals surface area contributed by atoms with Crippen molar-refractivity contribution in [1.82, 2.24) is 0 Å². The van der Waals surface area contributed by atoms with Crippen LogP contribution in [-0.2, 0) is 38.0 Å². The molecule has 2 heterocycles. The molecule has 7 N–H and O–H groups in total. The topological polar surface area (TPSA) is 231 Å². The van der Waals surface area contributed by atoms with E-state index in [9.17, 15) is 45.3 Å². The predicted molar refractivity (Wildman–Crippen MR) is 169 cm³/mol. The Labute approximate surface area is 283 Å². The third-order valence-electron chi connectivity index (χ3n) is 8.59. The maximum absolute atomic E-state index is 12.6. The zero-order valence-corrected chi connectivity index (χ0v) is 28.5. The Hall–Kier alpha value is -1.50. The van der Waals surface area contributed by atoms with Crippen LogP contribution in [-0.4, -0.2) is 142 Å². The fourth-order valence-electron chi connectivity index (χ4n) is 5.49. The van der Waals surface area contributed by atoms with Crippen LogP contribution in [0, 0.1) is 0 Å². The normalized spacial score (nSPS) is 31.4. The standard InChI is InChI=1S/C33H60O15/c1-3-5-7-8-9-10-11-12-13-14-16-25(36)46-21(18-43-24(35)15-6-4-2)19-44-32-31(42)29(40)27(38)23(48-32)20-45-33-30(41)28(39)26(37)22(17-34)47-33/h21-23,26-34,37-42H,3-20H2,1-2H3. The molecule has 0 saturated carbocycles. The van der Waals surface area contributed by atoms with Crippen LogP contribution in [0.1, 0.15) is 104 Å². The molecule has 48 heavy (non-hydrogen) atoms. The van der Waals surface area contributed by atoms with Crippen LogP contribution in [0.5, 0.6) is 0 Å². The number of esters is 2. The van der Waals surface area contributed by atoms with Crippen LogP contribution in [0.15, 0.2) is 0 Å². The second-order valence-corrected chi connectivity index (χ2v) is 12.7. The van der Waals surface area contributed by atoms with Crippen molar-refractivity contribution < 1.29 is 73.8 Å². The summed E-state index contributed by atoms with van der Waals surface area (Å²) in [7, 11) is 0. The monoisotopic (exact) mass is 696 g/mol. The van der Waals surface area contributed by atoms with E-state index in [1.165, 1.54) is 38.5 Å². The number of hydrogen-bond donors (Lipinski definition) is 7. The summed E-state index contributed by atoms with van der Waals surface area (Å²) in [6.45, 7) is 2.24. The van der Waals surface area contributed by atoms with Gasteiger partial charge in [-0.1, -0.05) is 78.1 Å². The van der Waals surface area contributed by atoms with E-state index in [0.29, 0.717) is 12.8 Å². The number of carbonyl (C=O) groups excluding carboxylic acids is 2. The Kier molecular flexibility index (Phi) is 21.2. The van der Waals surface area contributed by atoms with E-state index in [1.807, 2.05) is 6.92 Å². The first-order chi connectivity index (χ1) is 23.0. The van der Waals surface area contributed by atoms with Gasteiger partial charge in [0.15, 0.2) is 18.7 Å². The van der Waals surface area contributed by atoms with Gasteiger partial charge in [0.05, 0.1) is 19.8 Å². The maximum Gasteiger partial charge on any atom is 0.306 e. The Morgan fingerprint density at radius 3 is 1.67 bits per heavy atom. The highest BCUT2D eigenvalue weighted by atomic mass is 16.7. The van der Waals surface area contributed by atoms with Crippen molar-refractivity contribution in [3.63, 3.8) is 0 Å². The molecule has 15 heteroatoms. The number of carbonyl (C=O) groups is 2. The van der Waals surface area contributed by atoms with E-state index in [4.69, 9.17) is 28.4 Å².